The summed E-state index contributed by atoms with van der Waals surface area (Å²) in [5.41, 5.74) is 1.39. The first-order valence-corrected chi connectivity index (χ1v) is 7.71. The fourth-order valence-corrected chi connectivity index (χ4v) is 3.67. The molecule has 0 bridgehead atoms. The van der Waals surface area contributed by atoms with Gasteiger partial charge in [0, 0.05) is 14.1 Å². The van der Waals surface area contributed by atoms with Crippen molar-refractivity contribution in [2.45, 2.75) is 0 Å². The number of aromatic nitrogens is 8. The summed E-state index contributed by atoms with van der Waals surface area (Å²) in [6, 6.07) is 0. The second-order valence-corrected chi connectivity index (χ2v) is 6.33. The highest BCUT2D eigenvalue weighted by Crippen LogP contribution is 2.33. The summed E-state index contributed by atoms with van der Waals surface area (Å²) in [7, 11) is 3.59. The van der Waals surface area contributed by atoms with Crippen molar-refractivity contribution < 1.29 is 0 Å². The summed E-state index contributed by atoms with van der Waals surface area (Å²) in [4.78, 5) is 0.638. The van der Waals surface area contributed by atoms with Crippen LogP contribution in [0.4, 0.5) is 0 Å². The maximum atomic E-state index is 6.17. The topological polar surface area (TPSA) is 78.7 Å². The van der Waals surface area contributed by atoms with Gasteiger partial charge in [0.05, 0.1) is 22.4 Å². The van der Waals surface area contributed by atoms with Crippen LogP contribution in [0.2, 0.25) is 10.0 Å². The maximum absolute atomic E-state index is 6.17. The van der Waals surface area contributed by atoms with E-state index >= 15 is 0 Å². The highest BCUT2D eigenvalue weighted by atomic mass is 35.5. The Morgan fingerprint density at radius 3 is 2.18 bits per heavy atom. The van der Waals surface area contributed by atoms with Gasteiger partial charge in [0.2, 0.25) is 10.8 Å². The minimum absolute atomic E-state index is 0.491. The van der Waals surface area contributed by atoms with Gasteiger partial charge in [-0.1, -0.05) is 34.5 Å². The van der Waals surface area contributed by atoms with Crippen LogP contribution in [0.3, 0.4) is 0 Å². The number of rotatable bonds is 2. The molecule has 0 unspecified atom stereocenters. The molecule has 4 aromatic rings. The van der Waals surface area contributed by atoms with Crippen LogP contribution in [0.5, 0.6) is 0 Å². The largest absolute Gasteiger partial charge is 0.264 e. The van der Waals surface area contributed by atoms with E-state index in [1.54, 1.807) is 33.3 Å². The van der Waals surface area contributed by atoms with Crippen LogP contribution in [0, 0.1) is 0 Å². The first-order chi connectivity index (χ1) is 10.6. The summed E-state index contributed by atoms with van der Waals surface area (Å²) in [5, 5.41) is 22.8. The fourth-order valence-electron chi connectivity index (χ4n) is 2.17. The van der Waals surface area contributed by atoms with Crippen molar-refractivity contribution in [1.29, 1.82) is 0 Å². The molecule has 0 radical (unpaired) electrons. The molecule has 0 aliphatic rings. The highest BCUT2D eigenvalue weighted by Gasteiger charge is 2.21. The van der Waals surface area contributed by atoms with Gasteiger partial charge >= 0.3 is 0 Å². The highest BCUT2D eigenvalue weighted by molar-refractivity contribution is 7.19. The molecule has 0 amide bonds. The molecule has 0 aliphatic heterocycles. The van der Waals surface area contributed by atoms with Gasteiger partial charge in [-0.15, -0.1) is 10.2 Å². The number of hydrogen-bond donors (Lipinski definition) is 0. The van der Waals surface area contributed by atoms with Gasteiger partial charge < -0.3 is 0 Å². The molecule has 0 spiro atoms. The molecule has 0 fully saturated rings. The molecule has 0 saturated heterocycles. The van der Waals surface area contributed by atoms with Gasteiger partial charge in [0.1, 0.15) is 11.4 Å². The van der Waals surface area contributed by atoms with E-state index in [0.29, 0.717) is 31.5 Å². The molecule has 4 heterocycles. The summed E-state index contributed by atoms with van der Waals surface area (Å²) in [5.74, 6) is 0.529. The fraction of sp³-hybridized carbons (Fsp3) is 0.182. The molecule has 0 aromatic carbocycles. The molecule has 4 rings (SSSR count). The van der Waals surface area contributed by atoms with Gasteiger partial charge in [-0.2, -0.15) is 19.8 Å². The Kier molecular flexibility index (Phi) is 2.96. The Hall–Kier alpha value is -1.97. The second-order valence-electron chi connectivity index (χ2n) is 4.55. The van der Waals surface area contributed by atoms with Gasteiger partial charge in [-0.05, 0) is 0 Å². The van der Waals surface area contributed by atoms with Crippen LogP contribution in [-0.2, 0) is 14.1 Å². The minimum atomic E-state index is 0.491. The summed E-state index contributed by atoms with van der Waals surface area (Å²) >= 11 is 13.7. The first kappa shape index (κ1) is 13.7. The standard InChI is InChI=1S/C11H8Cl2N8S/c1-19-7(5(12)3-14-19)9-16-17-11-21(9)18-10(22-11)8-6(13)4-15-20(8)2/h3-4H,1-2H3. The maximum Gasteiger partial charge on any atom is 0.235 e. The summed E-state index contributed by atoms with van der Waals surface area (Å²) in [6.07, 6.45) is 3.14. The van der Waals surface area contributed by atoms with E-state index in [1.165, 1.54) is 11.3 Å². The smallest absolute Gasteiger partial charge is 0.235 e. The quantitative estimate of drug-likeness (QED) is 0.551. The zero-order valence-corrected chi connectivity index (χ0v) is 13.7. The Balaban J connectivity index is 1.94. The van der Waals surface area contributed by atoms with Gasteiger partial charge in [-0.25, -0.2) is 0 Å². The van der Waals surface area contributed by atoms with E-state index in [4.69, 9.17) is 23.2 Å². The Labute approximate surface area is 137 Å². The van der Waals surface area contributed by atoms with Crippen LogP contribution in [0.15, 0.2) is 12.4 Å². The zero-order valence-electron chi connectivity index (χ0n) is 11.4. The van der Waals surface area contributed by atoms with Crippen molar-refractivity contribution in [3.05, 3.63) is 22.4 Å². The lowest BCUT2D eigenvalue weighted by molar-refractivity contribution is 0.762. The van der Waals surface area contributed by atoms with E-state index in [1.807, 2.05) is 7.05 Å². The van der Waals surface area contributed by atoms with Crippen molar-refractivity contribution >= 4 is 39.5 Å². The molecule has 0 saturated carbocycles. The van der Waals surface area contributed by atoms with Crippen molar-refractivity contribution in [2.75, 3.05) is 0 Å². The normalized spacial score (nSPS) is 11.6. The van der Waals surface area contributed by atoms with E-state index < -0.39 is 0 Å². The SMILES string of the molecule is Cn1ncc(Cl)c1-c1nn2c(-c3c(Cl)cnn3C)nnc2s1. The van der Waals surface area contributed by atoms with Crippen molar-refractivity contribution in [3.8, 4) is 22.2 Å². The van der Waals surface area contributed by atoms with Gasteiger partial charge in [0.15, 0.2) is 5.01 Å². The average molecular weight is 355 g/mol. The van der Waals surface area contributed by atoms with Crippen molar-refractivity contribution in [1.82, 2.24) is 39.4 Å². The first-order valence-electron chi connectivity index (χ1n) is 6.14. The van der Waals surface area contributed by atoms with Gasteiger partial charge in [0.25, 0.3) is 0 Å². The molecular formula is C11H8Cl2N8S. The number of fused-ring (bicyclic) bond motifs is 1. The Bertz CT molecular complexity index is 954. The molecule has 0 aliphatic carbocycles. The lowest BCUT2D eigenvalue weighted by Gasteiger charge is -1.99. The van der Waals surface area contributed by atoms with Crippen molar-refractivity contribution in [2.24, 2.45) is 14.1 Å². The predicted octanol–water partition coefficient (Wildman–Crippen LogP) is 2.29. The third kappa shape index (κ3) is 1.86. The minimum Gasteiger partial charge on any atom is -0.264 e. The van der Waals surface area contributed by atoms with Crippen LogP contribution >= 0.6 is 34.5 Å². The number of nitrogens with zero attached hydrogens (tertiary/aromatic N) is 8. The van der Waals surface area contributed by atoms with Gasteiger partial charge in [-0.3, -0.25) is 9.36 Å². The Morgan fingerprint density at radius 2 is 1.59 bits per heavy atom. The molecule has 11 heteroatoms. The monoisotopic (exact) mass is 354 g/mol. The average Bonchev–Trinajstić information content (AvgIpc) is 3.18. The number of halogens is 2. The molecule has 112 valence electrons. The molecular weight excluding hydrogens is 347 g/mol. The molecule has 4 aromatic heterocycles. The molecule has 22 heavy (non-hydrogen) atoms. The van der Waals surface area contributed by atoms with Crippen LogP contribution < -0.4 is 0 Å². The van der Waals surface area contributed by atoms with E-state index in [9.17, 15) is 0 Å². The zero-order chi connectivity index (χ0) is 15.4. The third-order valence-electron chi connectivity index (χ3n) is 3.19. The van der Waals surface area contributed by atoms with Crippen molar-refractivity contribution in [3.63, 3.8) is 0 Å². The van der Waals surface area contributed by atoms with Crippen LogP contribution in [0.25, 0.3) is 27.2 Å². The predicted molar refractivity (Wildman–Crippen MR) is 83.1 cm³/mol. The second kappa shape index (κ2) is 4.77. The lowest BCUT2D eigenvalue weighted by atomic mass is 10.4. The van der Waals surface area contributed by atoms with Crippen LogP contribution in [0.1, 0.15) is 0 Å². The van der Waals surface area contributed by atoms with E-state index in [-0.39, 0.29) is 0 Å². The van der Waals surface area contributed by atoms with E-state index in [2.05, 4.69) is 25.5 Å². The number of aryl methyl sites for hydroxylation is 2. The molecule has 8 nitrogen and oxygen atoms in total. The molecule has 0 N–H and O–H groups in total. The summed E-state index contributed by atoms with van der Waals surface area (Å²) in [6.45, 7) is 0. The van der Waals surface area contributed by atoms with E-state index in [0.717, 1.165) is 5.69 Å². The number of hydrogen-bond acceptors (Lipinski definition) is 6. The van der Waals surface area contributed by atoms with Crippen LogP contribution in [-0.4, -0.2) is 39.4 Å². The molecule has 0 atom stereocenters. The summed E-state index contributed by atoms with van der Waals surface area (Å²) < 4.78 is 4.94. The lowest BCUT2D eigenvalue weighted by Crippen LogP contribution is -1.99. The third-order valence-corrected chi connectivity index (χ3v) is 4.65. The Morgan fingerprint density at radius 1 is 0.955 bits per heavy atom.